The summed E-state index contributed by atoms with van der Waals surface area (Å²) in [6.07, 6.45) is 1.81. The molecule has 1 aliphatic heterocycles. The average Bonchev–Trinajstić information content (AvgIpc) is 3.01. The highest BCUT2D eigenvalue weighted by atomic mass is 16.2. The monoisotopic (exact) mass is 392 g/mol. The first-order chi connectivity index (χ1) is 14.0. The number of benzene rings is 1. The number of carbonyl (C=O) groups excluding carboxylic acids is 1. The highest BCUT2D eigenvalue weighted by Crippen LogP contribution is 2.16. The molecule has 7 heteroatoms. The Morgan fingerprint density at radius 3 is 2.48 bits per heavy atom. The number of hydrogen-bond donors (Lipinski definition) is 1. The zero-order valence-electron chi connectivity index (χ0n) is 17.4. The zero-order valence-corrected chi connectivity index (χ0v) is 17.4. The number of carbonyl (C=O) groups is 1. The summed E-state index contributed by atoms with van der Waals surface area (Å²) < 4.78 is 2.18. The van der Waals surface area contributed by atoms with Crippen LogP contribution in [0.1, 0.15) is 17.0 Å². The van der Waals surface area contributed by atoms with Gasteiger partial charge >= 0.3 is 6.03 Å². The molecule has 3 aromatic rings. The molecule has 0 atom stereocenters. The number of aromatic nitrogens is 3. The van der Waals surface area contributed by atoms with Crippen LogP contribution < -0.4 is 5.32 Å². The topological polar surface area (TPSA) is 66.3 Å². The SMILES string of the molecule is Cc1cc(C)cc(NC(=O)N2CCN(CCn3c(C)nc4cccnc43)CC2)c1. The van der Waals surface area contributed by atoms with Crippen LogP contribution in [0.3, 0.4) is 0 Å². The molecule has 1 saturated heterocycles. The lowest BCUT2D eigenvalue weighted by molar-refractivity contribution is 0.144. The number of piperazine rings is 1. The van der Waals surface area contributed by atoms with Gasteiger partial charge in [-0.3, -0.25) is 4.90 Å². The number of amides is 2. The van der Waals surface area contributed by atoms with Crippen molar-refractivity contribution < 1.29 is 4.79 Å². The van der Waals surface area contributed by atoms with Crippen molar-refractivity contribution in [2.45, 2.75) is 27.3 Å². The van der Waals surface area contributed by atoms with Gasteiger partial charge in [-0.25, -0.2) is 14.8 Å². The molecule has 4 rings (SSSR count). The molecule has 7 nitrogen and oxygen atoms in total. The van der Waals surface area contributed by atoms with E-state index in [1.54, 1.807) is 0 Å². The maximum atomic E-state index is 12.6. The Bertz CT molecular complexity index is 999. The third-order valence-electron chi connectivity index (χ3n) is 5.47. The molecule has 0 bridgehead atoms. The van der Waals surface area contributed by atoms with Crippen LogP contribution in [-0.4, -0.2) is 63.1 Å². The first-order valence-electron chi connectivity index (χ1n) is 10.1. The lowest BCUT2D eigenvalue weighted by Gasteiger charge is -2.34. The number of hydrogen-bond acceptors (Lipinski definition) is 4. The van der Waals surface area contributed by atoms with Crippen LogP contribution >= 0.6 is 0 Å². The summed E-state index contributed by atoms with van der Waals surface area (Å²) in [5.41, 5.74) is 5.06. The Hall–Kier alpha value is -2.93. The van der Waals surface area contributed by atoms with Gasteiger partial charge in [-0.1, -0.05) is 6.07 Å². The third kappa shape index (κ3) is 4.40. The second-order valence-electron chi connectivity index (χ2n) is 7.79. The molecule has 0 radical (unpaired) electrons. The molecule has 0 unspecified atom stereocenters. The Kier molecular flexibility index (Phi) is 5.49. The fourth-order valence-electron chi connectivity index (χ4n) is 4.00. The number of fused-ring (bicyclic) bond motifs is 1. The number of rotatable bonds is 4. The smallest absolute Gasteiger partial charge is 0.321 e. The Labute approximate surface area is 171 Å². The molecule has 2 aromatic heterocycles. The van der Waals surface area contributed by atoms with Gasteiger partial charge in [-0.05, 0) is 56.2 Å². The van der Waals surface area contributed by atoms with Gasteiger partial charge in [-0.15, -0.1) is 0 Å². The van der Waals surface area contributed by atoms with Crippen LogP contribution in [0.4, 0.5) is 10.5 Å². The van der Waals surface area contributed by atoms with E-state index in [0.29, 0.717) is 0 Å². The van der Waals surface area contributed by atoms with Gasteiger partial charge in [0.1, 0.15) is 11.3 Å². The first-order valence-corrected chi connectivity index (χ1v) is 10.1. The van der Waals surface area contributed by atoms with Gasteiger partial charge in [0.05, 0.1) is 0 Å². The van der Waals surface area contributed by atoms with E-state index < -0.39 is 0 Å². The Morgan fingerprint density at radius 2 is 1.76 bits per heavy atom. The second kappa shape index (κ2) is 8.21. The van der Waals surface area contributed by atoms with E-state index in [4.69, 9.17) is 0 Å². The Morgan fingerprint density at radius 1 is 1.03 bits per heavy atom. The van der Waals surface area contributed by atoms with Crippen LogP contribution in [0.2, 0.25) is 0 Å². The molecular weight excluding hydrogens is 364 g/mol. The number of pyridine rings is 1. The molecule has 3 heterocycles. The summed E-state index contributed by atoms with van der Waals surface area (Å²) in [5, 5.41) is 3.04. The predicted molar refractivity (Wildman–Crippen MR) is 115 cm³/mol. The lowest BCUT2D eigenvalue weighted by Crippen LogP contribution is -2.50. The molecule has 0 aliphatic carbocycles. The summed E-state index contributed by atoms with van der Waals surface area (Å²) in [4.78, 5) is 26.0. The standard InChI is InChI=1S/C22H28N6O/c1-16-13-17(2)15-19(14-16)25-22(29)27-10-7-26(8-11-27)9-12-28-18(3)24-20-5-4-6-23-21(20)28/h4-6,13-15H,7-12H2,1-3H3,(H,25,29). The number of nitrogens with one attached hydrogen (secondary N) is 1. The van der Waals surface area contributed by atoms with Crippen molar-refractivity contribution in [1.29, 1.82) is 0 Å². The minimum absolute atomic E-state index is 0.0182. The van der Waals surface area contributed by atoms with Gasteiger partial charge in [0.25, 0.3) is 0 Å². The molecular formula is C22H28N6O. The van der Waals surface area contributed by atoms with Crippen molar-refractivity contribution in [2.24, 2.45) is 0 Å². The predicted octanol–water partition coefficient (Wildman–Crippen LogP) is 3.21. The fourth-order valence-corrected chi connectivity index (χ4v) is 4.00. The van der Waals surface area contributed by atoms with Crippen molar-refractivity contribution >= 4 is 22.9 Å². The van der Waals surface area contributed by atoms with Crippen molar-refractivity contribution in [1.82, 2.24) is 24.3 Å². The highest BCUT2D eigenvalue weighted by Gasteiger charge is 2.21. The van der Waals surface area contributed by atoms with Crippen molar-refractivity contribution in [2.75, 3.05) is 38.0 Å². The fraction of sp³-hybridized carbons (Fsp3) is 0.409. The largest absolute Gasteiger partial charge is 0.322 e. The number of anilines is 1. The van der Waals surface area contributed by atoms with Gasteiger partial charge in [0.15, 0.2) is 5.65 Å². The Balaban J connectivity index is 1.30. The molecule has 152 valence electrons. The van der Waals surface area contributed by atoms with E-state index in [2.05, 4.69) is 30.8 Å². The van der Waals surface area contributed by atoms with E-state index in [1.165, 1.54) is 0 Å². The van der Waals surface area contributed by atoms with Crippen LogP contribution in [0.25, 0.3) is 11.2 Å². The number of imidazole rings is 1. The average molecular weight is 393 g/mol. The molecule has 1 aromatic carbocycles. The highest BCUT2D eigenvalue weighted by molar-refractivity contribution is 5.89. The molecule has 0 saturated carbocycles. The van der Waals surface area contributed by atoms with Crippen molar-refractivity contribution in [3.63, 3.8) is 0 Å². The summed E-state index contributed by atoms with van der Waals surface area (Å²) in [6, 6.07) is 10.0. The maximum Gasteiger partial charge on any atom is 0.321 e. The maximum absolute atomic E-state index is 12.6. The van der Waals surface area contributed by atoms with E-state index in [1.807, 2.05) is 56.1 Å². The minimum atomic E-state index is -0.0182. The van der Waals surface area contributed by atoms with Crippen molar-refractivity contribution in [3.8, 4) is 0 Å². The normalized spacial score (nSPS) is 15.1. The van der Waals surface area contributed by atoms with E-state index in [9.17, 15) is 4.79 Å². The van der Waals surface area contributed by atoms with Gasteiger partial charge in [0, 0.05) is 51.2 Å². The molecule has 1 fully saturated rings. The lowest BCUT2D eigenvalue weighted by atomic mass is 10.1. The number of aryl methyl sites for hydroxylation is 3. The quantitative estimate of drug-likeness (QED) is 0.740. The first kappa shape index (κ1) is 19.4. The zero-order chi connectivity index (χ0) is 20.4. The van der Waals surface area contributed by atoms with Crippen LogP contribution in [0, 0.1) is 20.8 Å². The summed E-state index contributed by atoms with van der Waals surface area (Å²) in [7, 11) is 0. The number of urea groups is 1. The van der Waals surface area contributed by atoms with Crippen LogP contribution in [0.15, 0.2) is 36.5 Å². The second-order valence-corrected chi connectivity index (χ2v) is 7.79. The summed E-state index contributed by atoms with van der Waals surface area (Å²) in [5.74, 6) is 0.991. The van der Waals surface area contributed by atoms with Crippen LogP contribution in [-0.2, 0) is 6.54 Å². The summed E-state index contributed by atoms with van der Waals surface area (Å²) >= 11 is 0. The molecule has 2 amide bonds. The van der Waals surface area contributed by atoms with Gasteiger partial charge < -0.3 is 14.8 Å². The third-order valence-corrected chi connectivity index (χ3v) is 5.47. The van der Waals surface area contributed by atoms with E-state index in [-0.39, 0.29) is 6.03 Å². The van der Waals surface area contributed by atoms with Gasteiger partial charge in [0.2, 0.25) is 0 Å². The van der Waals surface area contributed by atoms with Gasteiger partial charge in [-0.2, -0.15) is 0 Å². The molecule has 0 spiro atoms. The van der Waals surface area contributed by atoms with E-state index >= 15 is 0 Å². The van der Waals surface area contributed by atoms with E-state index in [0.717, 1.165) is 73.1 Å². The molecule has 1 N–H and O–H groups in total. The molecule has 29 heavy (non-hydrogen) atoms. The molecule has 1 aliphatic rings. The number of nitrogens with zero attached hydrogens (tertiary/aromatic N) is 5. The summed E-state index contributed by atoms with van der Waals surface area (Å²) in [6.45, 7) is 11.1. The minimum Gasteiger partial charge on any atom is -0.322 e. The van der Waals surface area contributed by atoms with Crippen LogP contribution in [0.5, 0.6) is 0 Å². The van der Waals surface area contributed by atoms with Crippen molar-refractivity contribution in [3.05, 3.63) is 53.5 Å².